The highest BCUT2D eigenvalue weighted by atomic mass is 32.2. The summed E-state index contributed by atoms with van der Waals surface area (Å²) >= 11 is 1.55. The molecule has 5 nitrogen and oxygen atoms in total. The molecule has 2 rings (SSSR count). The SMILES string of the molecule is COc1ccc(Sc2cc(C)nc(NN)n2)cc1. The third kappa shape index (κ3) is 3.12. The van der Waals surface area contributed by atoms with Gasteiger partial charge in [0.05, 0.1) is 7.11 Å². The van der Waals surface area contributed by atoms with Crippen molar-refractivity contribution in [2.75, 3.05) is 12.5 Å². The molecule has 0 saturated heterocycles. The van der Waals surface area contributed by atoms with Crippen LogP contribution in [0.25, 0.3) is 0 Å². The van der Waals surface area contributed by atoms with Crippen LogP contribution in [0.1, 0.15) is 5.69 Å². The maximum atomic E-state index is 5.32. The lowest BCUT2D eigenvalue weighted by Crippen LogP contribution is -2.11. The Morgan fingerprint density at radius 3 is 2.56 bits per heavy atom. The second-order valence-corrected chi connectivity index (χ2v) is 4.69. The molecule has 1 aromatic heterocycles. The molecule has 94 valence electrons. The van der Waals surface area contributed by atoms with Gasteiger partial charge in [0, 0.05) is 10.6 Å². The van der Waals surface area contributed by atoms with E-state index in [0.29, 0.717) is 5.95 Å². The number of hydrazine groups is 1. The van der Waals surface area contributed by atoms with Gasteiger partial charge < -0.3 is 4.74 Å². The molecule has 6 heteroatoms. The molecule has 0 aliphatic rings. The van der Waals surface area contributed by atoms with Crippen LogP contribution in [0, 0.1) is 6.92 Å². The Kier molecular flexibility index (Phi) is 4.01. The number of aryl methyl sites for hydroxylation is 1. The highest BCUT2D eigenvalue weighted by Gasteiger charge is 2.03. The Morgan fingerprint density at radius 2 is 1.94 bits per heavy atom. The van der Waals surface area contributed by atoms with Gasteiger partial charge in [-0.05, 0) is 37.3 Å². The first kappa shape index (κ1) is 12.7. The Morgan fingerprint density at radius 1 is 1.22 bits per heavy atom. The summed E-state index contributed by atoms with van der Waals surface area (Å²) in [5.74, 6) is 6.58. The predicted molar refractivity (Wildman–Crippen MR) is 71.7 cm³/mol. The lowest BCUT2D eigenvalue weighted by atomic mass is 10.3. The molecule has 0 aliphatic carbocycles. The van der Waals surface area contributed by atoms with Crippen molar-refractivity contribution in [1.29, 1.82) is 0 Å². The van der Waals surface area contributed by atoms with E-state index in [0.717, 1.165) is 21.4 Å². The van der Waals surface area contributed by atoms with Crippen molar-refractivity contribution in [2.24, 2.45) is 5.84 Å². The number of nitrogens with zero attached hydrogens (tertiary/aromatic N) is 2. The molecule has 0 amide bonds. The third-order valence-electron chi connectivity index (χ3n) is 2.24. The topological polar surface area (TPSA) is 73.1 Å². The van der Waals surface area contributed by atoms with Crippen LogP contribution in [0.2, 0.25) is 0 Å². The van der Waals surface area contributed by atoms with Crippen molar-refractivity contribution in [3.05, 3.63) is 36.0 Å². The van der Waals surface area contributed by atoms with Crippen LogP contribution < -0.4 is 16.0 Å². The molecule has 0 saturated carbocycles. The minimum Gasteiger partial charge on any atom is -0.497 e. The standard InChI is InChI=1S/C12H14N4OS/c1-8-7-11(15-12(14-8)16-13)18-10-5-3-9(17-2)4-6-10/h3-7H,13H2,1-2H3,(H,14,15,16). The molecular weight excluding hydrogens is 248 g/mol. The van der Waals surface area contributed by atoms with E-state index < -0.39 is 0 Å². The molecule has 0 unspecified atom stereocenters. The molecule has 0 radical (unpaired) electrons. The summed E-state index contributed by atoms with van der Waals surface area (Å²) in [7, 11) is 1.65. The Bertz CT molecular complexity index is 530. The average Bonchev–Trinajstić information content (AvgIpc) is 2.39. The minimum absolute atomic E-state index is 0.422. The first-order valence-corrected chi connectivity index (χ1v) is 6.17. The van der Waals surface area contributed by atoms with E-state index in [4.69, 9.17) is 10.6 Å². The summed E-state index contributed by atoms with van der Waals surface area (Å²) in [6.07, 6.45) is 0. The van der Waals surface area contributed by atoms with Gasteiger partial charge in [-0.25, -0.2) is 15.8 Å². The lowest BCUT2D eigenvalue weighted by Gasteiger charge is -2.05. The highest BCUT2D eigenvalue weighted by molar-refractivity contribution is 7.99. The second kappa shape index (κ2) is 5.70. The fourth-order valence-electron chi connectivity index (χ4n) is 1.42. The van der Waals surface area contributed by atoms with E-state index >= 15 is 0 Å². The lowest BCUT2D eigenvalue weighted by molar-refractivity contribution is 0.414. The maximum absolute atomic E-state index is 5.32. The van der Waals surface area contributed by atoms with Gasteiger partial charge in [-0.3, -0.25) is 5.43 Å². The van der Waals surface area contributed by atoms with Gasteiger partial charge in [-0.1, -0.05) is 11.8 Å². The number of nitrogen functional groups attached to an aromatic ring is 1. The van der Waals surface area contributed by atoms with Gasteiger partial charge in [0.2, 0.25) is 5.95 Å². The fourth-order valence-corrected chi connectivity index (χ4v) is 2.30. The molecule has 0 spiro atoms. The molecule has 0 atom stereocenters. The fraction of sp³-hybridized carbons (Fsp3) is 0.167. The van der Waals surface area contributed by atoms with E-state index in [1.165, 1.54) is 0 Å². The van der Waals surface area contributed by atoms with Crippen LogP contribution in [-0.4, -0.2) is 17.1 Å². The summed E-state index contributed by atoms with van der Waals surface area (Å²) in [6, 6.07) is 9.71. The van der Waals surface area contributed by atoms with Gasteiger partial charge in [0.25, 0.3) is 0 Å². The monoisotopic (exact) mass is 262 g/mol. The Balaban J connectivity index is 2.19. The first-order valence-electron chi connectivity index (χ1n) is 5.35. The summed E-state index contributed by atoms with van der Waals surface area (Å²) in [4.78, 5) is 9.50. The molecule has 0 aliphatic heterocycles. The zero-order valence-electron chi connectivity index (χ0n) is 10.2. The van der Waals surface area contributed by atoms with Crippen molar-refractivity contribution >= 4 is 17.7 Å². The number of benzene rings is 1. The van der Waals surface area contributed by atoms with Crippen molar-refractivity contribution in [2.45, 2.75) is 16.8 Å². The van der Waals surface area contributed by atoms with Crippen LogP contribution in [0.4, 0.5) is 5.95 Å². The largest absolute Gasteiger partial charge is 0.497 e. The van der Waals surface area contributed by atoms with Gasteiger partial charge in [-0.15, -0.1) is 0 Å². The van der Waals surface area contributed by atoms with Gasteiger partial charge in [0.15, 0.2) is 0 Å². The number of hydrogen-bond acceptors (Lipinski definition) is 6. The first-order chi connectivity index (χ1) is 8.71. The van der Waals surface area contributed by atoms with Crippen LogP contribution >= 0.6 is 11.8 Å². The summed E-state index contributed by atoms with van der Waals surface area (Å²) in [5, 5.41) is 0.848. The van der Waals surface area contributed by atoms with Crippen LogP contribution in [0.5, 0.6) is 5.75 Å². The Labute approximate surface area is 110 Å². The van der Waals surface area contributed by atoms with E-state index in [-0.39, 0.29) is 0 Å². The number of ether oxygens (including phenoxy) is 1. The van der Waals surface area contributed by atoms with E-state index in [9.17, 15) is 0 Å². The van der Waals surface area contributed by atoms with Crippen LogP contribution in [0.15, 0.2) is 40.3 Å². The summed E-state index contributed by atoms with van der Waals surface area (Å²) in [5.41, 5.74) is 3.33. The minimum atomic E-state index is 0.422. The molecule has 1 heterocycles. The number of aromatic nitrogens is 2. The maximum Gasteiger partial charge on any atom is 0.238 e. The highest BCUT2D eigenvalue weighted by Crippen LogP contribution is 2.28. The number of nitrogens with two attached hydrogens (primary N) is 1. The zero-order valence-corrected chi connectivity index (χ0v) is 11.0. The molecular formula is C12H14N4OS. The molecule has 0 bridgehead atoms. The van der Waals surface area contributed by atoms with Crippen LogP contribution in [0.3, 0.4) is 0 Å². The molecule has 0 fully saturated rings. The summed E-state index contributed by atoms with van der Waals surface area (Å²) in [6.45, 7) is 1.90. The van der Waals surface area contributed by atoms with E-state index in [1.54, 1.807) is 18.9 Å². The van der Waals surface area contributed by atoms with Crippen LogP contribution in [-0.2, 0) is 0 Å². The second-order valence-electron chi connectivity index (χ2n) is 3.59. The third-order valence-corrected chi connectivity index (χ3v) is 3.17. The smallest absolute Gasteiger partial charge is 0.238 e. The number of rotatable bonds is 4. The number of nitrogens with one attached hydrogen (secondary N) is 1. The number of hydrogen-bond donors (Lipinski definition) is 2. The normalized spacial score (nSPS) is 10.2. The van der Waals surface area contributed by atoms with Gasteiger partial charge in [-0.2, -0.15) is 0 Å². The molecule has 3 N–H and O–H groups in total. The van der Waals surface area contributed by atoms with Gasteiger partial charge >= 0.3 is 0 Å². The number of anilines is 1. The quantitative estimate of drug-likeness (QED) is 0.500. The van der Waals surface area contributed by atoms with Crippen molar-refractivity contribution in [3.63, 3.8) is 0 Å². The zero-order chi connectivity index (χ0) is 13.0. The Hall–Kier alpha value is -1.79. The van der Waals surface area contributed by atoms with Gasteiger partial charge in [0.1, 0.15) is 10.8 Å². The number of methoxy groups -OCH3 is 1. The van der Waals surface area contributed by atoms with E-state index in [1.807, 2.05) is 37.3 Å². The predicted octanol–water partition coefficient (Wildman–Crippen LogP) is 2.23. The van der Waals surface area contributed by atoms with E-state index in [2.05, 4.69) is 15.4 Å². The summed E-state index contributed by atoms with van der Waals surface area (Å²) < 4.78 is 5.11. The molecule has 2 aromatic rings. The average molecular weight is 262 g/mol. The molecule has 1 aromatic carbocycles. The van der Waals surface area contributed by atoms with Crippen molar-refractivity contribution in [1.82, 2.24) is 9.97 Å². The molecule has 18 heavy (non-hydrogen) atoms. The van der Waals surface area contributed by atoms with Crippen molar-refractivity contribution < 1.29 is 4.74 Å². The van der Waals surface area contributed by atoms with Crippen molar-refractivity contribution in [3.8, 4) is 5.75 Å².